The average molecular weight is 509 g/mol. The molecule has 5 nitrogen and oxygen atoms in total. The molecule has 0 radical (unpaired) electrons. The summed E-state index contributed by atoms with van der Waals surface area (Å²) in [5, 5.41) is 5.75. The number of benzene rings is 2. The van der Waals surface area contributed by atoms with Gasteiger partial charge < -0.3 is 9.80 Å². The van der Waals surface area contributed by atoms with Gasteiger partial charge in [0.1, 0.15) is 4.83 Å². The third-order valence-electron chi connectivity index (χ3n) is 6.07. The molecule has 1 amide bonds. The number of piperazine rings is 1. The molecule has 0 spiro atoms. The van der Waals surface area contributed by atoms with E-state index in [9.17, 15) is 4.79 Å². The van der Waals surface area contributed by atoms with Gasteiger partial charge in [-0.15, -0.1) is 11.3 Å². The molecule has 0 bridgehead atoms. The molecule has 1 saturated heterocycles. The summed E-state index contributed by atoms with van der Waals surface area (Å²) in [6, 6.07) is 18.9. The largest absolute Gasteiger partial charge is 0.365 e. The first-order valence-electron chi connectivity index (χ1n) is 10.8. The molecule has 1 atom stereocenters. The van der Waals surface area contributed by atoms with E-state index in [4.69, 9.17) is 5.10 Å². The van der Waals surface area contributed by atoms with Crippen molar-refractivity contribution in [1.29, 1.82) is 0 Å². The van der Waals surface area contributed by atoms with Crippen LogP contribution in [0.5, 0.6) is 0 Å². The lowest BCUT2D eigenvalue weighted by Gasteiger charge is -2.41. The first-order chi connectivity index (χ1) is 15.4. The summed E-state index contributed by atoms with van der Waals surface area (Å²) in [4.78, 5) is 19.6. The zero-order valence-corrected chi connectivity index (χ0v) is 20.8. The third kappa shape index (κ3) is 3.84. The molecular formula is C25H25BrN4OS. The highest BCUT2D eigenvalue weighted by Crippen LogP contribution is 2.32. The topological polar surface area (TPSA) is 41.4 Å². The van der Waals surface area contributed by atoms with E-state index in [1.807, 2.05) is 46.8 Å². The molecule has 164 valence electrons. The Labute approximate surface area is 200 Å². The van der Waals surface area contributed by atoms with E-state index in [0.29, 0.717) is 0 Å². The summed E-state index contributed by atoms with van der Waals surface area (Å²) >= 11 is 5.02. The van der Waals surface area contributed by atoms with Crippen molar-refractivity contribution in [3.8, 4) is 5.69 Å². The quantitative estimate of drug-likeness (QED) is 0.350. The molecule has 1 unspecified atom stereocenters. The van der Waals surface area contributed by atoms with Crippen molar-refractivity contribution >= 4 is 49.1 Å². The third-order valence-corrected chi connectivity index (χ3v) is 7.70. The van der Waals surface area contributed by atoms with E-state index in [1.54, 1.807) is 0 Å². The molecule has 3 heterocycles. The molecule has 1 fully saturated rings. The minimum absolute atomic E-state index is 0.115. The molecule has 2 aromatic carbocycles. The van der Waals surface area contributed by atoms with E-state index < -0.39 is 0 Å². The summed E-state index contributed by atoms with van der Waals surface area (Å²) < 4.78 is 2.97. The number of amides is 1. The van der Waals surface area contributed by atoms with Crippen molar-refractivity contribution in [2.75, 3.05) is 24.5 Å². The summed E-state index contributed by atoms with van der Waals surface area (Å²) in [7, 11) is 0. The molecule has 5 rings (SSSR count). The van der Waals surface area contributed by atoms with Gasteiger partial charge in [-0.25, -0.2) is 4.68 Å². The van der Waals surface area contributed by atoms with Crippen molar-refractivity contribution in [1.82, 2.24) is 14.7 Å². The van der Waals surface area contributed by atoms with Crippen LogP contribution < -0.4 is 4.90 Å². The number of anilines is 1. The second kappa shape index (κ2) is 8.37. The van der Waals surface area contributed by atoms with Gasteiger partial charge in [0.15, 0.2) is 0 Å². The highest BCUT2D eigenvalue weighted by atomic mass is 79.9. The van der Waals surface area contributed by atoms with Gasteiger partial charge in [0.2, 0.25) is 0 Å². The van der Waals surface area contributed by atoms with Gasteiger partial charge in [-0.1, -0.05) is 28.1 Å². The number of hydrogen-bond acceptors (Lipinski definition) is 4. The van der Waals surface area contributed by atoms with Gasteiger partial charge in [0.25, 0.3) is 5.91 Å². The van der Waals surface area contributed by atoms with Crippen LogP contribution in [-0.2, 0) is 0 Å². The lowest BCUT2D eigenvalue weighted by molar-refractivity contribution is 0.0731. The zero-order valence-electron chi connectivity index (χ0n) is 18.4. The second-order valence-corrected chi connectivity index (χ2v) is 10.4. The van der Waals surface area contributed by atoms with Gasteiger partial charge in [0, 0.05) is 41.2 Å². The van der Waals surface area contributed by atoms with Crippen LogP contribution in [0.15, 0.2) is 59.1 Å². The molecule has 0 saturated carbocycles. The van der Waals surface area contributed by atoms with Crippen LogP contribution in [0.2, 0.25) is 0 Å². The number of aromatic nitrogens is 2. The Kier molecular flexibility index (Phi) is 5.55. The standard InChI is InChI=1S/C25H25BrN4OS/c1-16-5-4-6-21(13-16)29-12-11-28(15-17(29)2)24(31)23-14-22-18(3)27-30(25(22)32-23)20-9-7-19(26)8-10-20/h4-10,13-14,17H,11-12,15H2,1-3H3. The number of nitrogens with zero attached hydrogens (tertiary/aromatic N) is 4. The Morgan fingerprint density at radius 3 is 2.56 bits per heavy atom. The highest BCUT2D eigenvalue weighted by molar-refractivity contribution is 9.10. The number of fused-ring (bicyclic) bond motifs is 1. The summed E-state index contributed by atoms with van der Waals surface area (Å²) in [6.07, 6.45) is 0. The molecule has 0 aliphatic carbocycles. The molecule has 1 aliphatic rings. The number of hydrogen-bond donors (Lipinski definition) is 0. The van der Waals surface area contributed by atoms with Crippen molar-refractivity contribution < 1.29 is 4.79 Å². The number of halogens is 1. The Bertz CT molecular complexity index is 1290. The summed E-state index contributed by atoms with van der Waals surface area (Å²) in [6.45, 7) is 8.60. The second-order valence-electron chi connectivity index (χ2n) is 8.44. The van der Waals surface area contributed by atoms with Gasteiger partial charge in [0.05, 0.1) is 16.3 Å². The molecule has 0 N–H and O–H groups in total. The fourth-order valence-corrected chi connectivity index (χ4v) is 5.81. The monoisotopic (exact) mass is 508 g/mol. The van der Waals surface area contributed by atoms with E-state index in [-0.39, 0.29) is 11.9 Å². The smallest absolute Gasteiger partial charge is 0.264 e. The molecule has 32 heavy (non-hydrogen) atoms. The molecule has 2 aromatic heterocycles. The maximum atomic E-state index is 13.4. The highest BCUT2D eigenvalue weighted by Gasteiger charge is 2.29. The fraction of sp³-hybridized carbons (Fsp3) is 0.280. The zero-order chi connectivity index (χ0) is 22.4. The van der Waals surface area contributed by atoms with Gasteiger partial charge in [-0.2, -0.15) is 5.10 Å². The van der Waals surface area contributed by atoms with Crippen LogP contribution in [0, 0.1) is 13.8 Å². The minimum atomic E-state index is 0.115. The number of aryl methyl sites for hydroxylation is 2. The normalized spacial score (nSPS) is 16.7. The van der Waals surface area contributed by atoms with Gasteiger partial charge >= 0.3 is 0 Å². The van der Waals surface area contributed by atoms with Crippen LogP contribution in [0.1, 0.15) is 27.9 Å². The van der Waals surface area contributed by atoms with Crippen LogP contribution in [0.25, 0.3) is 15.9 Å². The van der Waals surface area contributed by atoms with Crippen LogP contribution in [-0.4, -0.2) is 46.3 Å². The van der Waals surface area contributed by atoms with Crippen molar-refractivity contribution in [2.24, 2.45) is 0 Å². The Morgan fingerprint density at radius 1 is 1.06 bits per heavy atom. The van der Waals surface area contributed by atoms with Crippen LogP contribution in [0.4, 0.5) is 5.69 Å². The van der Waals surface area contributed by atoms with Gasteiger partial charge in [-0.3, -0.25) is 4.79 Å². The Balaban J connectivity index is 1.38. The molecule has 4 aromatic rings. The number of thiophene rings is 1. The predicted molar refractivity (Wildman–Crippen MR) is 135 cm³/mol. The van der Waals surface area contributed by atoms with Crippen LogP contribution >= 0.6 is 27.3 Å². The molecule has 1 aliphatic heterocycles. The van der Waals surface area contributed by atoms with Crippen molar-refractivity contribution in [3.05, 3.63) is 75.2 Å². The summed E-state index contributed by atoms with van der Waals surface area (Å²) in [5.74, 6) is 0.115. The maximum absolute atomic E-state index is 13.4. The van der Waals surface area contributed by atoms with Crippen molar-refractivity contribution in [2.45, 2.75) is 26.8 Å². The first-order valence-corrected chi connectivity index (χ1v) is 12.4. The molecular weight excluding hydrogens is 484 g/mol. The van der Waals surface area contributed by atoms with E-state index in [2.05, 4.69) is 58.9 Å². The number of carbonyl (C=O) groups is 1. The minimum Gasteiger partial charge on any atom is -0.365 e. The number of carbonyl (C=O) groups excluding carboxylic acids is 1. The predicted octanol–water partition coefficient (Wildman–Crippen LogP) is 5.82. The van der Waals surface area contributed by atoms with Gasteiger partial charge in [-0.05, 0) is 68.8 Å². The lowest BCUT2D eigenvalue weighted by Crippen LogP contribution is -2.53. The lowest BCUT2D eigenvalue weighted by atomic mass is 10.1. The average Bonchev–Trinajstić information content (AvgIpc) is 3.34. The SMILES string of the molecule is Cc1cccc(N2CCN(C(=O)c3cc4c(C)nn(-c5ccc(Br)cc5)c4s3)CC2C)c1. The Morgan fingerprint density at radius 2 is 1.84 bits per heavy atom. The summed E-state index contributed by atoms with van der Waals surface area (Å²) in [5.41, 5.74) is 4.42. The maximum Gasteiger partial charge on any atom is 0.264 e. The Hall–Kier alpha value is -2.64. The fourth-order valence-electron chi connectivity index (χ4n) is 4.40. The first kappa shape index (κ1) is 21.2. The van der Waals surface area contributed by atoms with Crippen LogP contribution in [0.3, 0.4) is 0 Å². The van der Waals surface area contributed by atoms with E-state index in [1.165, 1.54) is 22.6 Å². The van der Waals surface area contributed by atoms with E-state index in [0.717, 1.165) is 50.6 Å². The molecule has 7 heteroatoms. The van der Waals surface area contributed by atoms with E-state index >= 15 is 0 Å². The number of rotatable bonds is 3. The van der Waals surface area contributed by atoms with Crippen molar-refractivity contribution in [3.63, 3.8) is 0 Å².